The highest BCUT2D eigenvalue weighted by Gasteiger charge is 2.51. The zero-order valence-corrected chi connectivity index (χ0v) is 15.9. The molecule has 3 N–H and O–H groups in total. The molecule has 2 heterocycles. The molecule has 0 aliphatic carbocycles. The molecule has 9 nitrogen and oxygen atoms in total. The first kappa shape index (κ1) is 20.9. The van der Waals surface area contributed by atoms with E-state index in [0.717, 1.165) is 0 Å². The van der Waals surface area contributed by atoms with Crippen molar-refractivity contribution >= 4 is 29.4 Å². The average molecular weight is 379 g/mol. The number of carbonyl (C=O) groups excluding carboxylic acids is 5. The van der Waals surface area contributed by atoms with Crippen molar-refractivity contribution in [3.8, 4) is 0 Å². The summed E-state index contributed by atoms with van der Waals surface area (Å²) in [5.74, 6) is -2.07. The van der Waals surface area contributed by atoms with Crippen LogP contribution in [0.15, 0.2) is 0 Å². The van der Waals surface area contributed by atoms with E-state index in [9.17, 15) is 24.0 Å². The lowest BCUT2D eigenvalue weighted by atomic mass is 10.0. The van der Waals surface area contributed by atoms with Crippen LogP contribution in [-0.4, -0.2) is 70.4 Å². The molecule has 9 heteroatoms. The van der Waals surface area contributed by atoms with Gasteiger partial charge in [0.05, 0.1) is 19.0 Å². The quantitative estimate of drug-likeness (QED) is 0.586. The second kappa shape index (κ2) is 8.49. The van der Waals surface area contributed by atoms with Gasteiger partial charge in [-0.2, -0.15) is 0 Å². The molecular formula is C18H27N4O5. The van der Waals surface area contributed by atoms with E-state index in [1.54, 1.807) is 13.8 Å². The predicted molar refractivity (Wildman–Crippen MR) is 95.8 cm³/mol. The Bertz CT molecular complexity index is 650. The lowest BCUT2D eigenvalue weighted by Gasteiger charge is -2.27. The minimum atomic E-state index is -0.679. The minimum Gasteiger partial charge on any atom is -0.369 e. The van der Waals surface area contributed by atoms with Crippen LogP contribution >= 0.6 is 0 Å². The normalized spacial score (nSPS) is 23.7. The van der Waals surface area contributed by atoms with Gasteiger partial charge < -0.3 is 20.9 Å². The summed E-state index contributed by atoms with van der Waals surface area (Å²) in [7, 11) is 0. The van der Waals surface area contributed by atoms with Gasteiger partial charge in [-0.15, -0.1) is 0 Å². The van der Waals surface area contributed by atoms with E-state index < -0.39 is 23.9 Å². The topological polar surface area (TPSA) is 130 Å². The SMILES string of the molecule is CCC(NC(C)=O)C(=O)N1CC(=O)C2C1CCN2C(=O)[CH]CC(C)C(N)=O. The highest BCUT2D eigenvalue weighted by Crippen LogP contribution is 2.31. The number of likely N-dealkylation sites (tertiary alicyclic amines) is 2. The van der Waals surface area contributed by atoms with Gasteiger partial charge in [-0.3, -0.25) is 24.0 Å². The van der Waals surface area contributed by atoms with E-state index in [1.165, 1.54) is 23.1 Å². The highest BCUT2D eigenvalue weighted by atomic mass is 16.2. The van der Waals surface area contributed by atoms with Gasteiger partial charge in [0, 0.05) is 19.4 Å². The smallest absolute Gasteiger partial charge is 0.245 e. The highest BCUT2D eigenvalue weighted by molar-refractivity contribution is 6.00. The number of amides is 4. The molecule has 2 saturated heterocycles. The fourth-order valence-corrected chi connectivity index (χ4v) is 3.65. The Hall–Kier alpha value is -2.45. The van der Waals surface area contributed by atoms with Gasteiger partial charge in [0.2, 0.25) is 23.6 Å². The first-order valence-corrected chi connectivity index (χ1v) is 9.20. The summed E-state index contributed by atoms with van der Waals surface area (Å²) >= 11 is 0. The molecular weight excluding hydrogens is 352 g/mol. The van der Waals surface area contributed by atoms with Gasteiger partial charge in [0.25, 0.3) is 0 Å². The van der Waals surface area contributed by atoms with E-state index in [0.29, 0.717) is 19.4 Å². The van der Waals surface area contributed by atoms with Crippen LogP contribution in [0.1, 0.15) is 40.0 Å². The third kappa shape index (κ3) is 4.45. The Balaban J connectivity index is 2.05. The van der Waals surface area contributed by atoms with Gasteiger partial charge in [0.15, 0.2) is 5.78 Å². The second-order valence-corrected chi connectivity index (χ2v) is 7.17. The molecule has 4 atom stereocenters. The number of rotatable bonds is 7. The molecule has 2 aliphatic rings. The number of hydrogen-bond donors (Lipinski definition) is 2. The van der Waals surface area contributed by atoms with Crippen molar-refractivity contribution in [1.82, 2.24) is 15.1 Å². The zero-order chi connectivity index (χ0) is 20.3. The lowest BCUT2D eigenvalue weighted by molar-refractivity contribution is -0.137. The number of carbonyl (C=O) groups is 5. The molecule has 0 aromatic heterocycles. The number of primary amides is 1. The van der Waals surface area contributed by atoms with Crippen LogP contribution in [0.4, 0.5) is 0 Å². The number of ketones is 1. The van der Waals surface area contributed by atoms with Crippen molar-refractivity contribution in [2.45, 2.75) is 58.2 Å². The average Bonchev–Trinajstić information content (AvgIpc) is 3.18. The minimum absolute atomic E-state index is 0.0638. The number of fused-ring (bicyclic) bond motifs is 1. The molecule has 0 spiro atoms. The number of nitrogens with zero attached hydrogens (tertiary/aromatic N) is 2. The van der Waals surface area contributed by atoms with Gasteiger partial charge in [-0.25, -0.2) is 0 Å². The second-order valence-electron chi connectivity index (χ2n) is 7.17. The van der Waals surface area contributed by atoms with E-state index in [2.05, 4.69) is 5.32 Å². The molecule has 4 amide bonds. The van der Waals surface area contributed by atoms with Crippen LogP contribution in [0.25, 0.3) is 0 Å². The van der Waals surface area contributed by atoms with Crippen molar-refractivity contribution < 1.29 is 24.0 Å². The van der Waals surface area contributed by atoms with Crippen molar-refractivity contribution in [3.05, 3.63) is 6.42 Å². The Morgan fingerprint density at radius 1 is 1.30 bits per heavy atom. The van der Waals surface area contributed by atoms with E-state index in [-0.39, 0.29) is 42.5 Å². The van der Waals surface area contributed by atoms with Crippen LogP contribution in [0.2, 0.25) is 0 Å². The summed E-state index contributed by atoms with van der Waals surface area (Å²) in [4.78, 5) is 63.1. The summed E-state index contributed by atoms with van der Waals surface area (Å²) in [6.07, 6.45) is 2.51. The van der Waals surface area contributed by atoms with E-state index in [1.807, 2.05) is 0 Å². The van der Waals surface area contributed by atoms with Crippen molar-refractivity contribution in [2.24, 2.45) is 11.7 Å². The molecule has 0 aromatic carbocycles. The summed E-state index contributed by atoms with van der Waals surface area (Å²) < 4.78 is 0. The van der Waals surface area contributed by atoms with Crippen LogP contribution in [0.5, 0.6) is 0 Å². The fourth-order valence-electron chi connectivity index (χ4n) is 3.65. The first-order valence-electron chi connectivity index (χ1n) is 9.20. The summed E-state index contributed by atoms with van der Waals surface area (Å²) in [5.41, 5.74) is 5.20. The van der Waals surface area contributed by atoms with Crippen molar-refractivity contribution in [1.29, 1.82) is 0 Å². The first-order chi connectivity index (χ1) is 12.7. The van der Waals surface area contributed by atoms with Gasteiger partial charge >= 0.3 is 0 Å². The van der Waals surface area contributed by atoms with Crippen LogP contribution in [-0.2, 0) is 24.0 Å². The van der Waals surface area contributed by atoms with Crippen LogP contribution < -0.4 is 11.1 Å². The standard InChI is InChI=1S/C18H27N4O5/c1-4-12(20-11(3)23)18(27)22-9-14(24)16-13(22)7-8-21(16)15(25)6-5-10(2)17(19)26/h6,10,12-13,16H,4-5,7-9H2,1-3H3,(H2,19,26)(H,20,23). The van der Waals surface area contributed by atoms with Crippen molar-refractivity contribution in [3.63, 3.8) is 0 Å². The molecule has 0 saturated carbocycles. The monoisotopic (exact) mass is 379 g/mol. The maximum Gasteiger partial charge on any atom is 0.245 e. The molecule has 0 aromatic rings. The number of Topliss-reactive ketones (excluding diaryl/α,β-unsaturated/α-hetero) is 1. The number of hydrogen-bond acceptors (Lipinski definition) is 5. The maximum absolute atomic E-state index is 12.8. The van der Waals surface area contributed by atoms with Crippen LogP contribution in [0, 0.1) is 12.3 Å². The fraction of sp³-hybridized carbons (Fsp3) is 0.667. The number of nitrogens with two attached hydrogens (primary N) is 1. The van der Waals surface area contributed by atoms with Gasteiger partial charge in [-0.05, 0) is 19.3 Å². The van der Waals surface area contributed by atoms with Crippen LogP contribution in [0.3, 0.4) is 0 Å². The molecule has 1 radical (unpaired) electrons. The summed E-state index contributed by atoms with van der Waals surface area (Å²) in [6.45, 7) is 5.06. The molecule has 0 bridgehead atoms. The Kier molecular flexibility index (Phi) is 6.56. The Morgan fingerprint density at radius 3 is 2.52 bits per heavy atom. The largest absolute Gasteiger partial charge is 0.369 e. The zero-order valence-electron chi connectivity index (χ0n) is 15.9. The maximum atomic E-state index is 12.8. The Morgan fingerprint density at radius 2 is 1.96 bits per heavy atom. The molecule has 27 heavy (non-hydrogen) atoms. The summed E-state index contributed by atoms with van der Waals surface area (Å²) in [6, 6.07) is -1.73. The molecule has 2 fully saturated rings. The number of nitrogens with one attached hydrogen (secondary N) is 1. The van der Waals surface area contributed by atoms with Gasteiger partial charge in [-0.1, -0.05) is 13.8 Å². The molecule has 4 unspecified atom stereocenters. The third-order valence-corrected chi connectivity index (χ3v) is 5.20. The molecule has 149 valence electrons. The molecule has 2 rings (SSSR count). The lowest BCUT2D eigenvalue weighted by Crippen LogP contribution is -2.50. The van der Waals surface area contributed by atoms with Gasteiger partial charge in [0.1, 0.15) is 12.1 Å². The third-order valence-electron chi connectivity index (χ3n) is 5.20. The Labute approximate surface area is 158 Å². The summed E-state index contributed by atoms with van der Waals surface area (Å²) in [5, 5.41) is 2.61. The van der Waals surface area contributed by atoms with E-state index >= 15 is 0 Å². The van der Waals surface area contributed by atoms with Crippen molar-refractivity contribution in [2.75, 3.05) is 13.1 Å². The predicted octanol–water partition coefficient (Wildman–Crippen LogP) is -1.00. The molecule has 2 aliphatic heterocycles. The van der Waals surface area contributed by atoms with E-state index in [4.69, 9.17) is 5.73 Å².